The van der Waals surface area contributed by atoms with Crippen LogP contribution in [0.3, 0.4) is 0 Å². The van der Waals surface area contributed by atoms with Crippen molar-refractivity contribution in [2.75, 3.05) is 44.2 Å². The summed E-state index contributed by atoms with van der Waals surface area (Å²) in [5.74, 6) is 0.338. The number of aromatic nitrogens is 3. The fourth-order valence-corrected chi connectivity index (χ4v) is 4.08. The molecule has 4 rings (SSSR count). The first-order valence-corrected chi connectivity index (χ1v) is 10.1. The van der Waals surface area contributed by atoms with Crippen molar-refractivity contribution in [3.8, 4) is 0 Å². The van der Waals surface area contributed by atoms with Gasteiger partial charge in [0.2, 0.25) is 5.91 Å². The molecule has 0 aliphatic carbocycles. The molecule has 4 heterocycles. The first-order valence-electron chi connectivity index (χ1n) is 10.1. The van der Waals surface area contributed by atoms with Gasteiger partial charge in [-0.25, -0.2) is 9.97 Å². The van der Waals surface area contributed by atoms with Crippen LogP contribution in [0.15, 0.2) is 24.7 Å². The third-order valence-electron chi connectivity index (χ3n) is 5.72. The van der Waals surface area contributed by atoms with Crippen LogP contribution in [0.5, 0.6) is 0 Å². The van der Waals surface area contributed by atoms with Crippen LogP contribution in [0.4, 0.5) is 5.69 Å². The summed E-state index contributed by atoms with van der Waals surface area (Å²) in [6.45, 7) is 5.85. The van der Waals surface area contributed by atoms with E-state index in [-0.39, 0.29) is 11.8 Å². The zero-order valence-electron chi connectivity index (χ0n) is 15.8. The zero-order valence-corrected chi connectivity index (χ0v) is 15.8. The molecule has 0 saturated carbocycles. The molecule has 0 aromatic carbocycles. The van der Waals surface area contributed by atoms with Crippen molar-refractivity contribution in [1.82, 2.24) is 25.2 Å². The maximum Gasteiger partial charge on any atom is 0.223 e. The van der Waals surface area contributed by atoms with Gasteiger partial charge in [-0.1, -0.05) is 6.42 Å². The van der Waals surface area contributed by atoms with Gasteiger partial charge in [0.25, 0.3) is 0 Å². The number of nitrogens with zero attached hydrogens (tertiary/aromatic N) is 5. The molecule has 144 valence electrons. The third-order valence-corrected chi connectivity index (χ3v) is 5.72. The van der Waals surface area contributed by atoms with Crippen molar-refractivity contribution in [2.24, 2.45) is 5.92 Å². The van der Waals surface area contributed by atoms with E-state index in [1.807, 2.05) is 12.3 Å². The van der Waals surface area contributed by atoms with E-state index in [0.717, 1.165) is 50.2 Å². The molecule has 1 N–H and O–H groups in total. The second-order valence-electron chi connectivity index (χ2n) is 7.55. The van der Waals surface area contributed by atoms with Gasteiger partial charge in [0.15, 0.2) is 5.65 Å². The number of carbonyl (C=O) groups excluding carboxylic acids is 1. The number of rotatable bonds is 5. The van der Waals surface area contributed by atoms with Crippen molar-refractivity contribution in [3.63, 3.8) is 0 Å². The highest BCUT2D eigenvalue weighted by Crippen LogP contribution is 2.24. The van der Waals surface area contributed by atoms with E-state index in [9.17, 15) is 4.79 Å². The molecule has 7 nitrogen and oxygen atoms in total. The van der Waals surface area contributed by atoms with Crippen LogP contribution >= 0.6 is 0 Å². The van der Waals surface area contributed by atoms with Gasteiger partial charge in [-0.2, -0.15) is 0 Å². The molecule has 2 aliphatic rings. The van der Waals surface area contributed by atoms with Crippen LogP contribution in [0, 0.1) is 5.92 Å². The van der Waals surface area contributed by atoms with Crippen molar-refractivity contribution in [3.05, 3.63) is 24.7 Å². The quantitative estimate of drug-likeness (QED) is 0.868. The van der Waals surface area contributed by atoms with Gasteiger partial charge in [0.1, 0.15) is 5.52 Å². The molecular formula is C20H28N6O. The average Bonchev–Trinajstić information content (AvgIpc) is 2.74. The number of nitrogens with one attached hydrogen (secondary N) is 1. The van der Waals surface area contributed by atoms with Crippen LogP contribution in [-0.2, 0) is 4.79 Å². The topological polar surface area (TPSA) is 74.2 Å². The zero-order chi connectivity index (χ0) is 18.5. The molecule has 0 bridgehead atoms. The molecule has 0 spiro atoms. The summed E-state index contributed by atoms with van der Waals surface area (Å²) in [6.07, 6.45) is 10.9. The number of likely N-dealkylation sites (tertiary alicyclic amines) is 1. The molecule has 2 fully saturated rings. The minimum Gasteiger partial charge on any atom is -0.370 e. The predicted octanol–water partition coefficient (Wildman–Crippen LogP) is 1.84. The molecular weight excluding hydrogens is 340 g/mol. The first kappa shape index (κ1) is 18.1. The number of hydrogen-bond acceptors (Lipinski definition) is 6. The second kappa shape index (κ2) is 8.61. The molecule has 2 aromatic rings. The summed E-state index contributed by atoms with van der Waals surface area (Å²) in [4.78, 5) is 30.2. The summed E-state index contributed by atoms with van der Waals surface area (Å²) in [5.41, 5.74) is 2.55. The van der Waals surface area contributed by atoms with Crippen LogP contribution in [0.25, 0.3) is 11.2 Å². The number of hydrogen-bond donors (Lipinski definition) is 1. The average molecular weight is 368 g/mol. The van der Waals surface area contributed by atoms with E-state index in [2.05, 4.69) is 30.1 Å². The Balaban J connectivity index is 1.24. The van der Waals surface area contributed by atoms with E-state index in [1.165, 1.54) is 32.4 Å². The largest absolute Gasteiger partial charge is 0.370 e. The maximum atomic E-state index is 12.5. The van der Waals surface area contributed by atoms with Gasteiger partial charge in [-0.05, 0) is 44.8 Å². The predicted molar refractivity (Wildman–Crippen MR) is 106 cm³/mol. The molecule has 0 atom stereocenters. The highest BCUT2D eigenvalue weighted by atomic mass is 16.1. The van der Waals surface area contributed by atoms with Crippen LogP contribution < -0.4 is 10.2 Å². The number of anilines is 1. The molecule has 2 aromatic heterocycles. The van der Waals surface area contributed by atoms with E-state index in [4.69, 9.17) is 0 Å². The molecule has 7 heteroatoms. The van der Waals surface area contributed by atoms with Crippen LogP contribution in [0.1, 0.15) is 32.1 Å². The van der Waals surface area contributed by atoms with Crippen molar-refractivity contribution in [1.29, 1.82) is 0 Å². The standard InChI is InChI=1S/C20H28N6O/c27-20(23-8-13-25-9-2-1-3-10-25)16-4-11-26(12-5-16)17-14-18-19(24-15-17)22-7-6-21-18/h6-7,14-16H,1-5,8-13H2,(H,23,27). The lowest BCUT2D eigenvalue weighted by Crippen LogP contribution is -2.43. The van der Waals surface area contributed by atoms with E-state index < -0.39 is 0 Å². The van der Waals surface area contributed by atoms with Gasteiger partial charge in [0, 0.05) is 44.5 Å². The Bertz CT molecular complexity index is 768. The monoisotopic (exact) mass is 368 g/mol. The van der Waals surface area contributed by atoms with Crippen molar-refractivity contribution in [2.45, 2.75) is 32.1 Å². The number of amides is 1. The normalized spacial score (nSPS) is 19.3. The maximum absolute atomic E-state index is 12.5. The molecule has 0 unspecified atom stereocenters. The summed E-state index contributed by atoms with van der Waals surface area (Å²) < 4.78 is 0. The molecule has 2 aliphatic heterocycles. The van der Waals surface area contributed by atoms with Gasteiger partial charge >= 0.3 is 0 Å². The van der Waals surface area contributed by atoms with Crippen molar-refractivity contribution < 1.29 is 4.79 Å². The fourth-order valence-electron chi connectivity index (χ4n) is 4.08. The highest BCUT2D eigenvalue weighted by Gasteiger charge is 2.25. The van der Waals surface area contributed by atoms with Crippen molar-refractivity contribution >= 4 is 22.8 Å². The van der Waals surface area contributed by atoms with E-state index in [1.54, 1.807) is 12.4 Å². The van der Waals surface area contributed by atoms with E-state index >= 15 is 0 Å². The van der Waals surface area contributed by atoms with Gasteiger partial charge in [0.05, 0.1) is 11.9 Å². The minimum atomic E-state index is 0.121. The number of fused-ring (bicyclic) bond motifs is 1. The van der Waals surface area contributed by atoms with Gasteiger partial charge in [-0.15, -0.1) is 0 Å². The lowest BCUT2D eigenvalue weighted by Gasteiger charge is -2.33. The lowest BCUT2D eigenvalue weighted by atomic mass is 9.95. The van der Waals surface area contributed by atoms with Crippen LogP contribution in [-0.4, -0.2) is 65.0 Å². The molecule has 2 saturated heterocycles. The summed E-state index contributed by atoms with van der Waals surface area (Å²) >= 11 is 0. The van der Waals surface area contributed by atoms with Gasteiger partial charge < -0.3 is 15.1 Å². The SMILES string of the molecule is O=C(NCCN1CCCCC1)C1CCN(c2cnc3nccnc3c2)CC1. The molecule has 0 radical (unpaired) electrons. The fraction of sp³-hybridized carbons (Fsp3) is 0.600. The summed E-state index contributed by atoms with van der Waals surface area (Å²) in [7, 11) is 0. The van der Waals surface area contributed by atoms with E-state index in [0.29, 0.717) is 5.65 Å². The Morgan fingerprint density at radius 1 is 1.04 bits per heavy atom. The third kappa shape index (κ3) is 4.53. The Hall–Kier alpha value is -2.28. The Morgan fingerprint density at radius 2 is 1.81 bits per heavy atom. The highest BCUT2D eigenvalue weighted by molar-refractivity contribution is 5.79. The smallest absolute Gasteiger partial charge is 0.223 e. The second-order valence-corrected chi connectivity index (χ2v) is 7.55. The number of piperidine rings is 2. The number of carbonyl (C=O) groups is 1. The Morgan fingerprint density at radius 3 is 2.63 bits per heavy atom. The Kier molecular flexibility index (Phi) is 5.77. The molecule has 1 amide bonds. The Labute approximate surface area is 160 Å². The molecule has 27 heavy (non-hydrogen) atoms. The lowest BCUT2D eigenvalue weighted by molar-refractivity contribution is -0.125. The number of pyridine rings is 1. The summed E-state index contributed by atoms with van der Waals surface area (Å²) in [6, 6.07) is 2.04. The first-order chi connectivity index (χ1) is 13.3. The summed E-state index contributed by atoms with van der Waals surface area (Å²) in [5, 5.41) is 3.15. The van der Waals surface area contributed by atoms with Gasteiger partial charge in [-0.3, -0.25) is 9.78 Å². The van der Waals surface area contributed by atoms with Crippen LogP contribution in [0.2, 0.25) is 0 Å². The minimum absolute atomic E-state index is 0.121.